The van der Waals surface area contributed by atoms with E-state index in [4.69, 9.17) is 5.73 Å². The molecule has 0 aliphatic carbocycles. The van der Waals surface area contributed by atoms with Gasteiger partial charge < -0.3 is 10.5 Å². The molecule has 0 unspecified atom stereocenters. The van der Waals surface area contributed by atoms with Crippen molar-refractivity contribution in [2.75, 3.05) is 0 Å². The molecule has 0 bridgehead atoms. The summed E-state index contributed by atoms with van der Waals surface area (Å²) in [5.41, 5.74) is 8.58. The molecule has 0 spiro atoms. The number of aromatic nitrogens is 3. The standard InChI is InChI=1S/C18H15F3N4O/c1-12(22)10-13-2-4-14(5-3-13)17-23-11-25(24-17)15-6-8-16(9-7-15)26-18(19,20)21/h2-9,11H,1,10,22H2. The van der Waals surface area contributed by atoms with E-state index in [0.717, 1.165) is 11.1 Å². The second-order valence-electron chi connectivity index (χ2n) is 5.59. The summed E-state index contributed by atoms with van der Waals surface area (Å²) in [6.45, 7) is 3.67. The third-order valence-corrected chi connectivity index (χ3v) is 3.47. The average molecular weight is 360 g/mol. The van der Waals surface area contributed by atoms with Crippen molar-refractivity contribution in [2.45, 2.75) is 12.8 Å². The molecule has 0 saturated heterocycles. The molecule has 0 radical (unpaired) electrons. The third kappa shape index (κ3) is 4.41. The number of nitrogens with two attached hydrogens (primary N) is 1. The van der Waals surface area contributed by atoms with Gasteiger partial charge >= 0.3 is 6.36 Å². The van der Waals surface area contributed by atoms with Gasteiger partial charge in [0, 0.05) is 17.7 Å². The second-order valence-corrected chi connectivity index (χ2v) is 5.59. The highest BCUT2D eigenvalue weighted by atomic mass is 19.4. The molecule has 26 heavy (non-hydrogen) atoms. The minimum atomic E-state index is -4.72. The van der Waals surface area contributed by atoms with Gasteiger partial charge in [-0.3, -0.25) is 0 Å². The van der Waals surface area contributed by atoms with Crippen molar-refractivity contribution in [1.29, 1.82) is 0 Å². The monoisotopic (exact) mass is 360 g/mol. The van der Waals surface area contributed by atoms with Crippen molar-refractivity contribution in [3.63, 3.8) is 0 Å². The summed E-state index contributed by atoms with van der Waals surface area (Å²) in [5, 5.41) is 4.35. The number of rotatable bonds is 5. The first-order valence-electron chi connectivity index (χ1n) is 7.60. The maximum Gasteiger partial charge on any atom is 0.573 e. The Morgan fingerprint density at radius 3 is 2.31 bits per heavy atom. The number of hydrogen-bond donors (Lipinski definition) is 1. The van der Waals surface area contributed by atoms with Crippen LogP contribution in [0.3, 0.4) is 0 Å². The molecule has 1 heterocycles. The van der Waals surface area contributed by atoms with Gasteiger partial charge in [-0.05, 0) is 29.8 Å². The summed E-state index contributed by atoms with van der Waals surface area (Å²) in [4.78, 5) is 4.23. The summed E-state index contributed by atoms with van der Waals surface area (Å²) >= 11 is 0. The second kappa shape index (κ2) is 6.91. The molecule has 0 aliphatic heterocycles. The van der Waals surface area contributed by atoms with Crippen molar-refractivity contribution in [3.8, 4) is 22.8 Å². The normalized spacial score (nSPS) is 11.3. The first kappa shape index (κ1) is 17.5. The van der Waals surface area contributed by atoms with E-state index < -0.39 is 6.36 Å². The SMILES string of the molecule is C=C(N)Cc1ccc(-c2ncn(-c3ccc(OC(F)(F)F)cc3)n2)cc1. The van der Waals surface area contributed by atoms with E-state index >= 15 is 0 Å². The van der Waals surface area contributed by atoms with Gasteiger partial charge in [0.05, 0.1) is 5.69 Å². The third-order valence-electron chi connectivity index (χ3n) is 3.47. The molecule has 0 saturated carbocycles. The van der Waals surface area contributed by atoms with Gasteiger partial charge in [-0.15, -0.1) is 18.3 Å². The molecule has 5 nitrogen and oxygen atoms in total. The lowest BCUT2D eigenvalue weighted by Crippen LogP contribution is -2.17. The number of alkyl halides is 3. The Kier molecular flexibility index (Phi) is 4.66. The van der Waals surface area contributed by atoms with E-state index in [1.54, 1.807) is 0 Å². The first-order valence-corrected chi connectivity index (χ1v) is 7.60. The van der Waals surface area contributed by atoms with Crippen molar-refractivity contribution in [2.24, 2.45) is 5.73 Å². The lowest BCUT2D eigenvalue weighted by molar-refractivity contribution is -0.274. The number of nitrogens with zero attached hydrogens (tertiary/aromatic N) is 3. The van der Waals surface area contributed by atoms with Gasteiger partial charge in [0.2, 0.25) is 0 Å². The number of ether oxygens (including phenoxy) is 1. The summed E-state index contributed by atoms with van der Waals surface area (Å²) < 4.78 is 41.9. The Bertz CT molecular complexity index is 899. The Labute approximate surface area is 147 Å². The quantitative estimate of drug-likeness (QED) is 0.751. The van der Waals surface area contributed by atoms with Crippen molar-refractivity contribution >= 4 is 0 Å². The van der Waals surface area contributed by atoms with E-state index in [-0.39, 0.29) is 5.75 Å². The highest BCUT2D eigenvalue weighted by molar-refractivity contribution is 5.55. The zero-order chi connectivity index (χ0) is 18.7. The first-order chi connectivity index (χ1) is 12.3. The zero-order valence-corrected chi connectivity index (χ0v) is 13.6. The van der Waals surface area contributed by atoms with Crippen LogP contribution in [0, 0.1) is 0 Å². The lowest BCUT2D eigenvalue weighted by atomic mass is 10.1. The van der Waals surface area contributed by atoms with Gasteiger partial charge in [-0.1, -0.05) is 30.8 Å². The highest BCUT2D eigenvalue weighted by Crippen LogP contribution is 2.24. The van der Waals surface area contributed by atoms with Crippen LogP contribution in [-0.4, -0.2) is 21.1 Å². The minimum Gasteiger partial charge on any atom is -0.406 e. The number of hydrogen-bond acceptors (Lipinski definition) is 4. The molecule has 0 fully saturated rings. The predicted octanol–water partition coefficient (Wildman–Crippen LogP) is 3.85. The van der Waals surface area contributed by atoms with Gasteiger partial charge in [0.15, 0.2) is 5.82 Å². The fourth-order valence-electron chi connectivity index (χ4n) is 2.35. The van der Waals surface area contributed by atoms with E-state index in [1.165, 1.54) is 35.3 Å². The molecule has 3 rings (SSSR count). The number of halogens is 3. The van der Waals surface area contributed by atoms with Crippen molar-refractivity contribution in [1.82, 2.24) is 14.8 Å². The maximum absolute atomic E-state index is 12.2. The maximum atomic E-state index is 12.2. The Morgan fingerprint density at radius 1 is 1.08 bits per heavy atom. The molecule has 3 aromatic rings. The number of benzene rings is 2. The van der Waals surface area contributed by atoms with Gasteiger partial charge in [-0.25, -0.2) is 9.67 Å². The predicted molar refractivity (Wildman–Crippen MR) is 90.5 cm³/mol. The molecular formula is C18H15F3N4O. The van der Waals surface area contributed by atoms with Crippen LogP contribution in [0.1, 0.15) is 5.56 Å². The fourth-order valence-corrected chi connectivity index (χ4v) is 2.35. The van der Waals surface area contributed by atoms with Crippen LogP contribution in [0.2, 0.25) is 0 Å². The van der Waals surface area contributed by atoms with Crippen LogP contribution in [0.4, 0.5) is 13.2 Å². The van der Waals surface area contributed by atoms with Gasteiger partial charge in [0.1, 0.15) is 12.1 Å². The molecule has 2 N–H and O–H groups in total. The summed E-state index contributed by atoms with van der Waals surface area (Å²) in [6.07, 6.45) is -2.64. The highest BCUT2D eigenvalue weighted by Gasteiger charge is 2.30. The Balaban J connectivity index is 1.76. The average Bonchev–Trinajstić information content (AvgIpc) is 3.04. The van der Waals surface area contributed by atoms with Crippen LogP contribution in [-0.2, 0) is 6.42 Å². The van der Waals surface area contributed by atoms with Gasteiger partial charge in [-0.2, -0.15) is 0 Å². The van der Waals surface area contributed by atoms with Gasteiger partial charge in [0.25, 0.3) is 0 Å². The summed E-state index contributed by atoms with van der Waals surface area (Å²) in [5.74, 6) is 0.206. The molecule has 2 aromatic carbocycles. The van der Waals surface area contributed by atoms with E-state index in [2.05, 4.69) is 21.4 Å². The van der Waals surface area contributed by atoms with Crippen LogP contribution >= 0.6 is 0 Å². The molecular weight excluding hydrogens is 345 g/mol. The lowest BCUT2D eigenvalue weighted by Gasteiger charge is -2.09. The van der Waals surface area contributed by atoms with E-state index in [9.17, 15) is 13.2 Å². The topological polar surface area (TPSA) is 66.0 Å². The van der Waals surface area contributed by atoms with Crippen LogP contribution < -0.4 is 10.5 Å². The van der Waals surface area contributed by atoms with E-state index in [0.29, 0.717) is 23.6 Å². The zero-order valence-electron chi connectivity index (χ0n) is 13.6. The molecule has 0 atom stereocenters. The van der Waals surface area contributed by atoms with Crippen LogP contribution in [0.25, 0.3) is 17.1 Å². The van der Waals surface area contributed by atoms with Crippen molar-refractivity contribution < 1.29 is 17.9 Å². The Morgan fingerprint density at radius 2 is 1.73 bits per heavy atom. The Hall–Kier alpha value is -3.29. The number of allylic oxidation sites excluding steroid dienone is 1. The molecule has 1 aromatic heterocycles. The van der Waals surface area contributed by atoms with Crippen LogP contribution in [0.15, 0.2) is 67.1 Å². The summed E-state index contributed by atoms with van der Waals surface area (Å²) in [7, 11) is 0. The molecule has 0 amide bonds. The minimum absolute atomic E-state index is 0.293. The molecule has 8 heteroatoms. The van der Waals surface area contributed by atoms with E-state index in [1.807, 2.05) is 24.3 Å². The largest absolute Gasteiger partial charge is 0.573 e. The fraction of sp³-hybridized carbons (Fsp3) is 0.111. The van der Waals surface area contributed by atoms with Crippen LogP contribution in [0.5, 0.6) is 5.75 Å². The summed E-state index contributed by atoms with van der Waals surface area (Å²) in [6, 6.07) is 13.0. The molecule has 134 valence electrons. The molecule has 0 aliphatic rings. The van der Waals surface area contributed by atoms with Crippen molar-refractivity contribution in [3.05, 3.63) is 72.7 Å². The smallest absolute Gasteiger partial charge is 0.406 e.